The van der Waals surface area contributed by atoms with Crippen molar-refractivity contribution in [2.75, 3.05) is 6.61 Å². The lowest BCUT2D eigenvalue weighted by atomic mass is 9.88. The van der Waals surface area contributed by atoms with Gasteiger partial charge in [0.1, 0.15) is 16.9 Å². The minimum absolute atomic E-state index is 0.0966. The minimum atomic E-state index is -1.59. The van der Waals surface area contributed by atoms with Crippen LogP contribution in [0, 0.1) is 0 Å². The van der Waals surface area contributed by atoms with E-state index in [1.165, 1.54) is 4.90 Å². The first-order valence-electron chi connectivity index (χ1n) is 9.07. The van der Waals surface area contributed by atoms with Gasteiger partial charge in [-0.3, -0.25) is 9.69 Å². The topological polar surface area (TPSA) is 134 Å². The molecule has 28 heavy (non-hydrogen) atoms. The molecule has 1 aliphatic rings. The highest BCUT2D eigenvalue weighted by atomic mass is 16.6. The molecule has 1 fully saturated rings. The highest BCUT2D eigenvalue weighted by molar-refractivity contribution is 5.78. The van der Waals surface area contributed by atoms with Crippen LogP contribution in [0.3, 0.4) is 0 Å². The molecule has 1 saturated heterocycles. The molecule has 0 aromatic rings. The van der Waals surface area contributed by atoms with Crippen LogP contribution in [0.15, 0.2) is 5.11 Å². The first kappa shape index (κ1) is 24.0. The van der Waals surface area contributed by atoms with Crippen LogP contribution >= 0.6 is 0 Å². The number of azide groups is 1. The Bertz CT molecular complexity index is 660. The Kier molecular flexibility index (Phi) is 6.66. The SMILES string of the molecule is CC(C)(C)OC(=O)[C@H](N=[N+]=[N-])[C@H](O)[C@@]1(C)COC(C)(C)N1C(=O)OC(C)(C)C. The smallest absolute Gasteiger partial charge is 0.413 e. The number of ether oxygens (including phenoxy) is 3. The van der Waals surface area contributed by atoms with Crippen LogP contribution in [-0.2, 0) is 19.0 Å². The zero-order valence-corrected chi connectivity index (χ0v) is 18.1. The van der Waals surface area contributed by atoms with Crippen molar-refractivity contribution in [3.63, 3.8) is 0 Å². The molecule has 3 atom stereocenters. The number of rotatable bonds is 4. The van der Waals surface area contributed by atoms with Crippen LogP contribution in [0.1, 0.15) is 62.3 Å². The van der Waals surface area contributed by atoms with E-state index in [1.54, 1.807) is 62.3 Å². The molecule has 10 nitrogen and oxygen atoms in total. The van der Waals surface area contributed by atoms with E-state index in [2.05, 4.69) is 10.0 Å². The maximum atomic E-state index is 12.9. The Morgan fingerprint density at radius 2 is 1.64 bits per heavy atom. The van der Waals surface area contributed by atoms with Crippen molar-refractivity contribution in [2.45, 2.75) is 96.9 Å². The van der Waals surface area contributed by atoms with Crippen LogP contribution in [0.25, 0.3) is 10.4 Å². The first-order valence-corrected chi connectivity index (χ1v) is 9.07. The molecular weight excluding hydrogens is 368 g/mol. The van der Waals surface area contributed by atoms with Gasteiger partial charge in [-0.15, -0.1) is 0 Å². The monoisotopic (exact) mass is 400 g/mol. The quantitative estimate of drug-likeness (QED) is 0.333. The molecule has 0 aromatic heterocycles. The van der Waals surface area contributed by atoms with E-state index in [1.807, 2.05) is 0 Å². The van der Waals surface area contributed by atoms with Gasteiger partial charge in [-0.05, 0) is 67.8 Å². The fourth-order valence-corrected chi connectivity index (χ4v) is 3.02. The van der Waals surface area contributed by atoms with Gasteiger partial charge in [-0.2, -0.15) is 0 Å². The summed E-state index contributed by atoms with van der Waals surface area (Å²) in [5.74, 6) is -0.895. The predicted octanol–water partition coefficient (Wildman–Crippen LogP) is 3.13. The lowest BCUT2D eigenvalue weighted by Crippen LogP contribution is -2.63. The number of aliphatic hydroxyl groups excluding tert-OH is 1. The standard InChI is InChI=1S/C18H32N4O6/c1-15(2,3)27-13(24)11(20-21-19)12(23)18(9)10-26-17(7,8)22(18)14(25)28-16(4,5)6/h11-12,23H,10H2,1-9H3/t11-,12+,18-/m1/s1. The van der Waals surface area contributed by atoms with E-state index in [-0.39, 0.29) is 6.61 Å². The maximum Gasteiger partial charge on any atom is 0.413 e. The normalized spacial score (nSPS) is 24.1. The zero-order chi connectivity index (χ0) is 22.1. The maximum absolute atomic E-state index is 12.9. The van der Waals surface area contributed by atoms with Crippen molar-refractivity contribution < 1.29 is 28.9 Å². The molecule has 0 aromatic carbocycles. The summed E-state index contributed by atoms with van der Waals surface area (Å²) < 4.78 is 16.4. The molecule has 1 aliphatic heterocycles. The van der Waals surface area contributed by atoms with Gasteiger partial charge in [0, 0.05) is 4.91 Å². The van der Waals surface area contributed by atoms with Gasteiger partial charge in [-0.25, -0.2) is 4.79 Å². The lowest BCUT2D eigenvalue weighted by molar-refractivity contribution is -0.162. The van der Waals surface area contributed by atoms with E-state index in [4.69, 9.17) is 19.7 Å². The summed E-state index contributed by atoms with van der Waals surface area (Å²) in [4.78, 5) is 29.3. The Labute approximate surface area is 165 Å². The van der Waals surface area contributed by atoms with Crippen LogP contribution in [0.2, 0.25) is 0 Å². The van der Waals surface area contributed by atoms with Gasteiger partial charge in [0.05, 0.1) is 18.2 Å². The summed E-state index contributed by atoms with van der Waals surface area (Å²) in [6.07, 6.45) is -2.31. The van der Waals surface area contributed by atoms with Crippen molar-refractivity contribution in [1.82, 2.24) is 4.90 Å². The second kappa shape index (κ2) is 7.77. The fraction of sp³-hybridized carbons (Fsp3) is 0.889. The summed E-state index contributed by atoms with van der Waals surface area (Å²) in [5.41, 5.74) is 4.74. The average molecular weight is 400 g/mol. The van der Waals surface area contributed by atoms with Crippen molar-refractivity contribution in [3.05, 3.63) is 10.4 Å². The van der Waals surface area contributed by atoms with Gasteiger partial charge >= 0.3 is 12.1 Å². The van der Waals surface area contributed by atoms with Gasteiger partial charge in [0.2, 0.25) is 0 Å². The van der Waals surface area contributed by atoms with E-state index in [0.717, 1.165) is 0 Å². The predicted molar refractivity (Wildman–Crippen MR) is 101 cm³/mol. The fourth-order valence-electron chi connectivity index (χ4n) is 3.02. The number of hydrogen-bond donors (Lipinski definition) is 1. The zero-order valence-electron chi connectivity index (χ0n) is 18.1. The van der Waals surface area contributed by atoms with Crippen LogP contribution < -0.4 is 0 Å². The Morgan fingerprint density at radius 1 is 1.14 bits per heavy atom. The first-order chi connectivity index (χ1) is 12.4. The number of amides is 1. The van der Waals surface area contributed by atoms with Crippen molar-refractivity contribution in [2.24, 2.45) is 5.11 Å². The second-order valence-corrected chi connectivity index (χ2v) is 9.54. The number of hydrogen-bond acceptors (Lipinski definition) is 7. The molecule has 10 heteroatoms. The number of carbonyl (C=O) groups is 2. The van der Waals surface area contributed by atoms with Crippen LogP contribution in [-0.4, -0.2) is 63.3 Å². The molecule has 1 rings (SSSR count). The van der Waals surface area contributed by atoms with E-state index in [0.29, 0.717) is 0 Å². The third-order valence-corrected chi connectivity index (χ3v) is 4.10. The molecule has 0 saturated carbocycles. The summed E-state index contributed by atoms with van der Waals surface area (Å²) in [6, 6.07) is -1.57. The summed E-state index contributed by atoms with van der Waals surface area (Å²) >= 11 is 0. The Balaban J connectivity index is 3.31. The van der Waals surface area contributed by atoms with Gasteiger partial charge < -0.3 is 19.3 Å². The summed E-state index contributed by atoms with van der Waals surface area (Å²) in [6.45, 7) is 14.8. The van der Waals surface area contributed by atoms with Crippen LogP contribution in [0.5, 0.6) is 0 Å². The van der Waals surface area contributed by atoms with E-state index in [9.17, 15) is 14.7 Å². The van der Waals surface area contributed by atoms with Gasteiger partial charge in [0.25, 0.3) is 0 Å². The molecular formula is C18H32N4O6. The van der Waals surface area contributed by atoms with Crippen LogP contribution in [0.4, 0.5) is 4.79 Å². The summed E-state index contributed by atoms with van der Waals surface area (Å²) in [7, 11) is 0. The highest BCUT2D eigenvalue weighted by Crippen LogP contribution is 2.40. The largest absolute Gasteiger partial charge is 0.460 e. The average Bonchev–Trinajstić information content (AvgIpc) is 2.71. The lowest BCUT2D eigenvalue weighted by Gasteiger charge is -2.43. The van der Waals surface area contributed by atoms with E-state index < -0.39 is 46.7 Å². The second-order valence-electron chi connectivity index (χ2n) is 9.54. The van der Waals surface area contributed by atoms with Crippen molar-refractivity contribution in [1.29, 1.82) is 0 Å². The molecule has 0 bridgehead atoms. The van der Waals surface area contributed by atoms with Crippen molar-refractivity contribution in [3.8, 4) is 0 Å². The number of aliphatic hydroxyl groups is 1. The molecule has 1 heterocycles. The number of esters is 1. The minimum Gasteiger partial charge on any atom is -0.460 e. The molecule has 0 spiro atoms. The van der Waals surface area contributed by atoms with Crippen molar-refractivity contribution >= 4 is 12.1 Å². The Hall–Kier alpha value is -2.03. The summed E-state index contributed by atoms with van der Waals surface area (Å²) in [5, 5.41) is 14.5. The molecule has 160 valence electrons. The molecule has 0 aliphatic carbocycles. The number of nitrogens with zero attached hydrogens (tertiary/aromatic N) is 4. The molecule has 1 amide bonds. The molecule has 1 N–H and O–H groups in total. The number of carbonyl (C=O) groups excluding carboxylic acids is 2. The molecule has 0 unspecified atom stereocenters. The third kappa shape index (κ3) is 5.50. The van der Waals surface area contributed by atoms with E-state index >= 15 is 0 Å². The highest BCUT2D eigenvalue weighted by Gasteiger charge is 2.59. The van der Waals surface area contributed by atoms with Gasteiger partial charge in [0.15, 0.2) is 6.04 Å². The van der Waals surface area contributed by atoms with Gasteiger partial charge in [-0.1, -0.05) is 5.11 Å². The third-order valence-electron chi connectivity index (χ3n) is 4.10. The Morgan fingerprint density at radius 3 is 2.07 bits per heavy atom. The molecule has 0 radical (unpaired) electrons.